The first-order valence-corrected chi connectivity index (χ1v) is 7.37. The van der Waals surface area contributed by atoms with Crippen LogP contribution in [0.4, 0.5) is 10.7 Å². The summed E-state index contributed by atoms with van der Waals surface area (Å²) in [5.41, 5.74) is 2.81. The highest BCUT2D eigenvalue weighted by Gasteiger charge is 2.17. The van der Waals surface area contributed by atoms with Crippen LogP contribution in [0.15, 0.2) is 30.3 Å². The van der Waals surface area contributed by atoms with Crippen LogP contribution >= 0.6 is 11.3 Å². The fourth-order valence-electron chi connectivity index (χ4n) is 2.07. The summed E-state index contributed by atoms with van der Waals surface area (Å²) in [6.45, 7) is 6.04. The number of aryl methyl sites for hydroxylation is 1. The van der Waals surface area contributed by atoms with Crippen molar-refractivity contribution in [2.75, 3.05) is 5.32 Å². The van der Waals surface area contributed by atoms with Crippen molar-refractivity contribution in [3.05, 3.63) is 56.5 Å². The molecule has 110 valence electrons. The lowest BCUT2D eigenvalue weighted by Crippen LogP contribution is -2.13. The van der Waals surface area contributed by atoms with Gasteiger partial charge in [-0.2, -0.15) is 0 Å². The number of carbonyl (C=O) groups is 1. The second-order valence-corrected chi connectivity index (χ2v) is 6.11. The normalized spacial score (nSPS) is 10.7. The number of carbonyl (C=O) groups excluding carboxylic acids is 1. The second-order valence-electron chi connectivity index (χ2n) is 5.04. The van der Waals surface area contributed by atoms with Crippen molar-refractivity contribution in [1.82, 2.24) is 0 Å². The minimum atomic E-state index is -0.491. The Hall–Kier alpha value is -2.21. The minimum absolute atomic E-state index is 0.0333. The second kappa shape index (κ2) is 6.05. The topological polar surface area (TPSA) is 72.2 Å². The number of hydrogen-bond acceptors (Lipinski definition) is 4. The van der Waals surface area contributed by atoms with E-state index < -0.39 is 4.92 Å². The first kappa shape index (κ1) is 15.2. The van der Waals surface area contributed by atoms with Crippen LogP contribution in [0.2, 0.25) is 0 Å². The summed E-state index contributed by atoms with van der Waals surface area (Å²) < 4.78 is 0. The maximum absolute atomic E-state index is 12.3. The molecule has 0 aliphatic heterocycles. The van der Waals surface area contributed by atoms with Gasteiger partial charge in [0, 0.05) is 11.8 Å². The number of nitro groups is 1. The van der Waals surface area contributed by atoms with Crippen LogP contribution in [0.25, 0.3) is 0 Å². The van der Waals surface area contributed by atoms with Gasteiger partial charge in [-0.05, 0) is 30.0 Å². The maximum Gasteiger partial charge on any atom is 0.324 e. The third-order valence-electron chi connectivity index (χ3n) is 3.16. The number of rotatable bonds is 4. The summed E-state index contributed by atoms with van der Waals surface area (Å²) in [4.78, 5) is 22.8. The first-order valence-electron chi connectivity index (χ1n) is 6.55. The standard InChI is InChI=1S/C15H16N2O3S/c1-9(2)11-6-4-5-10(3)14(11)16-15(18)12-7-8-13(21-12)17(19)20/h4-9H,1-3H3,(H,16,18). The van der Waals surface area contributed by atoms with Crippen molar-refractivity contribution in [3.8, 4) is 0 Å². The molecule has 0 saturated heterocycles. The van der Waals surface area contributed by atoms with Gasteiger partial charge in [-0.3, -0.25) is 14.9 Å². The molecule has 0 spiro atoms. The molecule has 1 N–H and O–H groups in total. The zero-order valence-corrected chi connectivity index (χ0v) is 12.9. The molecule has 0 aliphatic rings. The number of nitrogens with zero attached hydrogens (tertiary/aromatic N) is 1. The minimum Gasteiger partial charge on any atom is -0.321 e. The Kier molecular flexibility index (Phi) is 4.37. The van der Waals surface area contributed by atoms with Gasteiger partial charge in [0.05, 0.1) is 9.80 Å². The van der Waals surface area contributed by atoms with Gasteiger partial charge in [0.25, 0.3) is 5.91 Å². The average molecular weight is 304 g/mol. The van der Waals surface area contributed by atoms with Gasteiger partial charge >= 0.3 is 5.00 Å². The number of thiophene rings is 1. The number of amides is 1. The van der Waals surface area contributed by atoms with E-state index in [4.69, 9.17) is 0 Å². The smallest absolute Gasteiger partial charge is 0.321 e. The number of hydrogen-bond donors (Lipinski definition) is 1. The Morgan fingerprint density at radius 3 is 2.57 bits per heavy atom. The SMILES string of the molecule is Cc1cccc(C(C)C)c1NC(=O)c1ccc([N+](=O)[O-])s1. The molecule has 0 atom stereocenters. The Morgan fingerprint density at radius 2 is 2.00 bits per heavy atom. The highest BCUT2D eigenvalue weighted by Crippen LogP contribution is 2.29. The molecule has 2 aromatic rings. The number of anilines is 1. The average Bonchev–Trinajstić information content (AvgIpc) is 2.90. The molecule has 1 amide bonds. The van der Waals surface area contributed by atoms with Crippen LogP contribution in [0, 0.1) is 17.0 Å². The molecule has 1 aromatic heterocycles. The van der Waals surface area contributed by atoms with E-state index >= 15 is 0 Å². The lowest BCUT2D eigenvalue weighted by molar-refractivity contribution is -0.380. The molecule has 21 heavy (non-hydrogen) atoms. The summed E-state index contributed by atoms with van der Waals surface area (Å²) in [5, 5.41) is 13.5. The molecule has 0 bridgehead atoms. The molecule has 5 nitrogen and oxygen atoms in total. The molecule has 0 aliphatic carbocycles. The Bertz CT molecular complexity index is 692. The lowest BCUT2D eigenvalue weighted by atomic mass is 9.98. The van der Waals surface area contributed by atoms with E-state index in [-0.39, 0.29) is 16.8 Å². The van der Waals surface area contributed by atoms with Crippen LogP contribution in [-0.4, -0.2) is 10.8 Å². The Balaban J connectivity index is 2.29. The number of benzene rings is 1. The zero-order valence-electron chi connectivity index (χ0n) is 12.0. The van der Waals surface area contributed by atoms with E-state index in [1.54, 1.807) is 0 Å². The van der Waals surface area contributed by atoms with E-state index in [9.17, 15) is 14.9 Å². The van der Waals surface area contributed by atoms with Crippen LogP contribution in [-0.2, 0) is 0 Å². The third-order valence-corrected chi connectivity index (χ3v) is 4.20. The summed E-state index contributed by atoms with van der Waals surface area (Å²) in [6, 6.07) is 8.69. The van der Waals surface area contributed by atoms with Crippen LogP contribution in [0.3, 0.4) is 0 Å². The number of para-hydroxylation sites is 1. The maximum atomic E-state index is 12.3. The molecular weight excluding hydrogens is 288 g/mol. The van der Waals surface area contributed by atoms with Crippen molar-refractivity contribution in [2.24, 2.45) is 0 Å². The van der Waals surface area contributed by atoms with Crippen molar-refractivity contribution in [1.29, 1.82) is 0 Å². The van der Waals surface area contributed by atoms with Crippen LogP contribution in [0.1, 0.15) is 40.6 Å². The molecular formula is C15H16N2O3S. The Labute approximate surface area is 126 Å². The van der Waals surface area contributed by atoms with Crippen LogP contribution < -0.4 is 5.32 Å². The van der Waals surface area contributed by atoms with Gasteiger partial charge in [0.15, 0.2) is 0 Å². The molecule has 0 fully saturated rings. The molecule has 6 heteroatoms. The van der Waals surface area contributed by atoms with E-state index in [1.807, 2.05) is 25.1 Å². The first-order chi connectivity index (χ1) is 9.90. The molecule has 2 rings (SSSR count). The summed E-state index contributed by atoms with van der Waals surface area (Å²) in [6.07, 6.45) is 0. The zero-order chi connectivity index (χ0) is 15.6. The fraction of sp³-hybridized carbons (Fsp3) is 0.267. The summed E-state index contributed by atoms with van der Waals surface area (Å²) in [7, 11) is 0. The largest absolute Gasteiger partial charge is 0.324 e. The van der Waals surface area contributed by atoms with Crippen molar-refractivity contribution in [2.45, 2.75) is 26.7 Å². The fourth-order valence-corrected chi connectivity index (χ4v) is 2.78. The predicted molar refractivity (Wildman–Crippen MR) is 84.2 cm³/mol. The molecule has 1 aromatic carbocycles. The van der Waals surface area contributed by atoms with Gasteiger partial charge in [0.2, 0.25) is 0 Å². The lowest BCUT2D eigenvalue weighted by Gasteiger charge is -2.15. The quantitative estimate of drug-likeness (QED) is 0.674. The monoisotopic (exact) mass is 304 g/mol. The van der Waals surface area contributed by atoms with Gasteiger partial charge < -0.3 is 5.32 Å². The van der Waals surface area contributed by atoms with Crippen molar-refractivity contribution >= 4 is 27.9 Å². The van der Waals surface area contributed by atoms with E-state index in [1.165, 1.54) is 12.1 Å². The summed E-state index contributed by atoms with van der Waals surface area (Å²) >= 11 is 0.877. The third kappa shape index (κ3) is 3.28. The molecule has 1 heterocycles. The van der Waals surface area contributed by atoms with E-state index in [2.05, 4.69) is 19.2 Å². The van der Waals surface area contributed by atoms with Gasteiger partial charge in [0.1, 0.15) is 0 Å². The van der Waals surface area contributed by atoms with Gasteiger partial charge in [-0.1, -0.05) is 43.4 Å². The van der Waals surface area contributed by atoms with Crippen molar-refractivity contribution < 1.29 is 9.72 Å². The van der Waals surface area contributed by atoms with E-state index in [0.717, 1.165) is 28.2 Å². The predicted octanol–water partition coefficient (Wildman–Crippen LogP) is 4.34. The summed E-state index contributed by atoms with van der Waals surface area (Å²) in [5.74, 6) is -0.0397. The highest BCUT2D eigenvalue weighted by atomic mass is 32.1. The number of nitrogens with one attached hydrogen (secondary N) is 1. The molecule has 0 unspecified atom stereocenters. The molecule has 0 radical (unpaired) electrons. The van der Waals surface area contributed by atoms with Gasteiger partial charge in [-0.15, -0.1) is 0 Å². The van der Waals surface area contributed by atoms with E-state index in [0.29, 0.717) is 4.88 Å². The molecule has 0 saturated carbocycles. The Morgan fingerprint density at radius 1 is 1.29 bits per heavy atom. The highest BCUT2D eigenvalue weighted by molar-refractivity contribution is 7.17. The van der Waals surface area contributed by atoms with Crippen molar-refractivity contribution in [3.63, 3.8) is 0 Å². The van der Waals surface area contributed by atoms with Crippen LogP contribution in [0.5, 0.6) is 0 Å². The van der Waals surface area contributed by atoms with Gasteiger partial charge in [-0.25, -0.2) is 0 Å².